The van der Waals surface area contributed by atoms with Gasteiger partial charge in [-0.05, 0) is 44.4 Å². The maximum atomic E-state index is 13.7. The maximum absolute atomic E-state index is 13.7. The van der Waals surface area contributed by atoms with Crippen LogP contribution in [0.25, 0.3) is 0 Å². The largest absolute Gasteiger partial charge is 0.488 e. The second-order valence-electron chi connectivity index (χ2n) is 5.88. The van der Waals surface area contributed by atoms with Crippen molar-refractivity contribution in [3.63, 3.8) is 0 Å². The summed E-state index contributed by atoms with van der Waals surface area (Å²) in [5, 5.41) is 12.8. The average Bonchev–Trinajstić information content (AvgIpc) is 3.15. The summed E-state index contributed by atoms with van der Waals surface area (Å²) < 4.78 is 19.1. The molecule has 2 rings (SSSR count). The number of benzene rings is 1. The van der Waals surface area contributed by atoms with Crippen LogP contribution >= 0.6 is 0 Å². The van der Waals surface area contributed by atoms with Gasteiger partial charge in [0.1, 0.15) is 12.9 Å². The number of carbonyl (C=O) groups is 1. The van der Waals surface area contributed by atoms with Gasteiger partial charge in [-0.1, -0.05) is 6.07 Å². The van der Waals surface area contributed by atoms with Gasteiger partial charge in [0.05, 0.1) is 12.1 Å². The molecule has 5 heteroatoms. The molecule has 0 spiro atoms. The molecule has 0 bridgehead atoms. The molecule has 0 unspecified atom stereocenters. The fourth-order valence-corrected chi connectivity index (χ4v) is 2.10. The Morgan fingerprint density at radius 2 is 2.20 bits per heavy atom. The van der Waals surface area contributed by atoms with E-state index in [0.29, 0.717) is 0 Å². The number of aliphatic hydroxyl groups is 1. The lowest BCUT2D eigenvalue weighted by molar-refractivity contribution is -0.107. The minimum absolute atomic E-state index is 0.0160. The lowest BCUT2D eigenvalue weighted by Crippen LogP contribution is -2.31. The van der Waals surface area contributed by atoms with Crippen molar-refractivity contribution in [2.24, 2.45) is 0 Å². The molecule has 0 amide bonds. The quantitative estimate of drug-likeness (QED) is 0.748. The molecule has 1 aromatic rings. The Morgan fingerprint density at radius 1 is 1.50 bits per heavy atom. The van der Waals surface area contributed by atoms with Crippen LogP contribution in [0.5, 0.6) is 5.75 Å². The van der Waals surface area contributed by atoms with Crippen LogP contribution in [-0.4, -0.2) is 30.1 Å². The third-order valence-electron chi connectivity index (χ3n) is 3.34. The van der Waals surface area contributed by atoms with Crippen LogP contribution in [0.3, 0.4) is 0 Å². The molecule has 2 N–H and O–H groups in total. The van der Waals surface area contributed by atoms with Gasteiger partial charge in [-0.2, -0.15) is 0 Å². The van der Waals surface area contributed by atoms with Gasteiger partial charge in [0, 0.05) is 5.54 Å². The van der Waals surface area contributed by atoms with Gasteiger partial charge in [0.15, 0.2) is 11.6 Å². The van der Waals surface area contributed by atoms with E-state index in [1.807, 2.05) is 0 Å². The summed E-state index contributed by atoms with van der Waals surface area (Å²) in [6.45, 7) is 3.49. The van der Waals surface area contributed by atoms with Gasteiger partial charge in [-0.25, -0.2) is 4.39 Å². The van der Waals surface area contributed by atoms with Crippen LogP contribution < -0.4 is 10.1 Å². The molecule has 1 aliphatic rings. The van der Waals surface area contributed by atoms with Crippen molar-refractivity contribution < 1.29 is 19.0 Å². The highest BCUT2D eigenvalue weighted by Gasteiger charge is 2.44. The zero-order valence-electron chi connectivity index (χ0n) is 11.8. The SMILES string of the molecule is CC(C)(O)COc1cc(C2(NCC=O)CC2)ccc1F. The van der Waals surface area contributed by atoms with Crippen LogP contribution in [0.1, 0.15) is 32.3 Å². The first-order valence-electron chi connectivity index (χ1n) is 6.70. The zero-order chi connectivity index (χ0) is 14.8. The smallest absolute Gasteiger partial charge is 0.165 e. The van der Waals surface area contributed by atoms with E-state index in [4.69, 9.17) is 4.74 Å². The van der Waals surface area contributed by atoms with Crippen molar-refractivity contribution in [3.8, 4) is 5.75 Å². The highest BCUT2D eigenvalue weighted by Crippen LogP contribution is 2.46. The number of ether oxygens (including phenoxy) is 1. The molecule has 1 aromatic carbocycles. The second kappa shape index (κ2) is 5.50. The highest BCUT2D eigenvalue weighted by atomic mass is 19.1. The first kappa shape index (κ1) is 14.9. The van der Waals surface area contributed by atoms with Gasteiger partial charge < -0.3 is 20.0 Å². The summed E-state index contributed by atoms with van der Waals surface area (Å²) in [4.78, 5) is 10.5. The molecule has 1 fully saturated rings. The summed E-state index contributed by atoms with van der Waals surface area (Å²) >= 11 is 0. The molecule has 0 aromatic heterocycles. The standard InChI is InChI=1S/C15H20FNO3/c1-14(2,19)10-20-13-9-11(3-4-12(13)16)15(5-6-15)17-7-8-18/h3-4,8-9,17,19H,5-7,10H2,1-2H3. The second-order valence-corrected chi connectivity index (χ2v) is 5.88. The number of halogens is 1. The minimum atomic E-state index is -1.02. The third-order valence-corrected chi connectivity index (χ3v) is 3.34. The number of rotatable bonds is 7. The van der Waals surface area contributed by atoms with Crippen molar-refractivity contribution in [2.45, 2.75) is 37.8 Å². The normalized spacial score (nSPS) is 16.8. The third kappa shape index (κ3) is 3.55. The Bertz CT molecular complexity index is 492. The van der Waals surface area contributed by atoms with E-state index < -0.39 is 11.4 Å². The molecule has 0 radical (unpaired) electrons. The summed E-state index contributed by atoms with van der Waals surface area (Å²) in [5.41, 5.74) is -0.344. The molecular formula is C15H20FNO3. The molecule has 0 aliphatic heterocycles. The van der Waals surface area contributed by atoms with Crippen molar-refractivity contribution in [1.82, 2.24) is 5.32 Å². The molecule has 20 heavy (non-hydrogen) atoms. The fraction of sp³-hybridized carbons (Fsp3) is 0.533. The van der Waals surface area contributed by atoms with Crippen molar-refractivity contribution >= 4 is 6.29 Å². The molecule has 1 saturated carbocycles. The Labute approximate surface area is 117 Å². The Kier molecular flexibility index (Phi) is 4.11. The van der Waals surface area contributed by atoms with E-state index in [-0.39, 0.29) is 24.4 Å². The minimum Gasteiger partial charge on any atom is -0.488 e. The summed E-state index contributed by atoms with van der Waals surface area (Å²) in [7, 11) is 0. The van der Waals surface area contributed by atoms with Crippen molar-refractivity contribution in [1.29, 1.82) is 0 Å². The fourth-order valence-electron chi connectivity index (χ4n) is 2.10. The Morgan fingerprint density at radius 3 is 2.75 bits per heavy atom. The van der Waals surface area contributed by atoms with Crippen LogP contribution in [-0.2, 0) is 10.3 Å². The van der Waals surface area contributed by atoms with Crippen LogP contribution in [0.4, 0.5) is 4.39 Å². The maximum Gasteiger partial charge on any atom is 0.165 e. The molecule has 0 atom stereocenters. The van der Waals surface area contributed by atoms with E-state index in [0.717, 1.165) is 24.7 Å². The van der Waals surface area contributed by atoms with Gasteiger partial charge in [-0.3, -0.25) is 0 Å². The van der Waals surface area contributed by atoms with E-state index in [1.165, 1.54) is 6.07 Å². The molecule has 1 aliphatic carbocycles. The van der Waals surface area contributed by atoms with E-state index >= 15 is 0 Å². The number of hydrogen-bond donors (Lipinski definition) is 2. The summed E-state index contributed by atoms with van der Waals surface area (Å²) in [6, 6.07) is 4.71. The first-order chi connectivity index (χ1) is 9.36. The molecular weight excluding hydrogens is 261 g/mol. The number of nitrogens with one attached hydrogen (secondary N) is 1. The van der Waals surface area contributed by atoms with Gasteiger partial charge in [0.25, 0.3) is 0 Å². The van der Waals surface area contributed by atoms with E-state index in [1.54, 1.807) is 26.0 Å². The van der Waals surface area contributed by atoms with Gasteiger partial charge in [0.2, 0.25) is 0 Å². The van der Waals surface area contributed by atoms with Crippen molar-refractivity contribution in [3.05, 3.63) is 29.6 Å². The first-order valence-corrected chi connectivity index (χ1v) is 6.70. The predicted octanol–water partition coefficient (Wildman–Crippen LogP) is 1.75. The number of hydrogen-bond acceptors (Lipinski definition) is 4. The van der Waals surface area contributed by atoms with Gasteiger partial charge >= 0.3 is 0 Å². The Hall–Kier alpha value is -1.46. The molecule has 0 saturated heterocycles. The average molecular weight is 281 g/mol. The Balaban J connectivity index is 2.14. The van der Waals surface area contributed by atoms with E-state index in [2.05, 4.69) is 5.32 Å². The summed E-state index contributed by atoms with van der Waals surface area (Å²) in [5.74, 6) is -0.326. The zero-order valence-corrected chi connectivity index (χ0v) is 11.8. The number of aldehydes is 1. The van der Waals surface area contributed by atoms with E-state index in [9.17, 15) is 14.3 Å². The molecule has 0 heterocycles. The topological polar surface area (TPSA) is 58.6 Å². The van der Waals surface area contributed by atoms with Crippen LogP contribution in [0.15, 0.2) is 18.2 Å². The van der Waals surface area contributed by atoms with Crippen LogP contribution in [0.2, 0.25) is 0 Å². The van der Waals surface area contributed by atoms with Crippen molar-refractivity contribution in [2.75, 3.05) is 13.2 Å². The van der Waals surface area contributed by atoms with Crippen LogP contribution in [0, 0.1) is 5.82 Å². The molecule has 4 nitrogen and oxygen atoms in total. The summed E-state index contributed by atoms with van der Waals surface area (Å²) in [6.07, 6.45) is 2.64. The van der Waals surface area contributed by atoms with Gasteiger partial charge in [-0.15, -0.1) is 0 Å². The lowest BCUT2D eigenvalue weighted by atomic mass is 10.0. The monoisotopic (exact) mass is 281 g/mol. The predicted molar refractivity (Wildman–Crippen MR) is 73.2 cm³/mol. The highest BCUT2D eigenvalue weighted by molar-refractivity contribution is 5.53. The number of carbonyl (C=O) groups excluding carboxylic acids is 1. The molecule has 110 valence electrons. The lowest BCUT2D eigenvalue weighted by Gasteiger charge is -2.20.